The van der Waals surface area contributed by atoms with Gasteiger partial charge >= 0.3 is 0 Å². The second-order valence-electron chi connectivity index (χ2n) is 6.03. The van der Waals surface area contributed by atoms with Gasteiger partial charge in [0.2, 0.25) is 0 Å². The molecule has 0 spiro atoms. The molecular formula is C17H25NOS. The Balaban J connectivity index is 1.57. The maximum absolute atomic E-state index is 5.97. The van der Waals surface area contributed by atoms with E-state index in [1.165, 1.54) is 36.8 Å². The van der Waals surface area contributed by atoms with Crippen LogP contribution in [0.5, 0.6) is 0 Å². The zero-order valence-corrected chi connectivity index (χ0v) is 13.2. The lowest BCUT2D eigenvalue weighted by Crippen LogP contribution is -2.38. The fourth-order valence-electron chi connectivity index (χ4n) is 3.55. The molecule has 3 rings (SSSR count). The van der Waals surface area contributed by atoms with E-state index in [0.29, 0.717) is 4.75 Å². The molecule has 20 heavy (non-hydrogen) atoms. The molecule has 0 bridgehead atoms. The van der Waals surface area contributed by atoms with Crippen molar-refractivity contribution in [1.82, 2.24) is 5.32 Å². The first-order valence-corrected chi connectivity index (χ1v) is 9.01. The van der Waals surface area contributed by atoms with Crippen LogP contribution < -0.4 is 5.32 Å². The number of thioether (sulfide) groups is 1. The molecule has 1 atom stereocenters. The predicted molar refractivity (Wildman–Crippen MR) is 86.4 cm³/mol. The molecule has 0 aromatic heterocycles. The summed E-state index contributed by atoms with van der Waals surface area (Å²) in [5, 5.41) is 3.68. The van der Waals surface area contributed by atoms with Crippen molar-refractivity contribution in [3.8, 4) is 0 Å². The molecule has 0 amide bonds. The summed E-state index contributed by atoms with van der Waals surface area (Å²) in [4.78, 5) is 0. The van der Waals surface area contributed by atoms with Gasteiger partial charge in [0, 0.05) is 17.8 Å². The van der Waals surface area contributed by atoms with Crippen molar-refractivity contribution in [2.24, 2.45) is 0 Å². The first-order valence-electron chi connectivity index (χ1n) is 7.78. The van der Waals surface area contributed by atoms with Crippen LogP contribution in [0.15, 0.2) is 24.3 Å². The van der Waals surface area contributed by atoms with Gasteiger partial charge in [0.25, 0.3) is 0 Å². The minimum atomic E-state index is 0.236. The van der Waals surface area contributed by atoms with Gasteiger partial charge in [-0.15, -0.1) is 0 Å². The fourth-order valence-corrected chi connectivity index (χ4v) is 4.49. The second kappa shape index (κ2) is 6.50. The third kappa shape index (κ3) is 3.05. The van der Waals surface area contributed by atoms with Gasteiger partial charge in [0.15, 0.2) is 0 Å². The number of benzene rings is 1. The normalized spacial score (nSPS) is 24.6. The standard InChI is InChI=1S/C17H25NOS/c1-20-17(9-4-5-10-17)13-18-12-16-15-7-3-2-6-14(15)8-11-19-16/h2-3,6-7,16,18H,4-5,8-13H2,1H3. The predicted octanol–water partition coefficient (Wildman–Crippen LogP) is 3.57. The molecule has 0 saturated heterocycles. The van der Waals surface area contributed by atoms with Crippen molar-refractivity contribution in [2.45, 2.75) is 43.0 Å². The second-order valence-corrected chi connectivity index (χ2v) is 7.31. The Labute approximate surface area is 126 Å². The summed E-state index contributed by atoms with van der Waals surface area (Å²) < 4.78 is 6.45. The monoisotopic (exact) mass is 291 g/mol. The highest BCUT2D eigenvalue weighted by Crippen LogP contribution is 2.39. The molecule has 1 aromatic carbocycles. The van der Waals surface area contributed by atoms with E-state index < -0.39 is 0 Å². The number of hydrogen-bond donors (Lipinski definition) is 1. The van der Waals surface area contributed by atoms with E-state index in [-0.39, 0.29) is 6.10 Å². The van der Waals surface area contributed by atoms with E-state index in [1.807, 2.05) is 11.8 Å². The fraction of sp³-hybridized carbons (Fsp3) is 0.647. The van der Waals surface area contributed by atoms with Crippen LogP contribution in [0.1, 0.15) is 42.9 Å². The lowest BCUT2D eigenvalue weighted by atomic mass is 9.97. The lowest BCUT2D eigenvalue weighted by Gasteiger charge is -2.30. The van der Waals surface area contributed by atoms with Crippen molar-refractivity contribution in [1.29, 1.82) is 0 Å². The molecule has 2 aliphatic rings. The molecule has 1 heterocycles. The lowest BCUT2D eigenvalue weighted by molar-refractivity contribution is 0.0423. The van der Waals surface area contributed by atoms with Crippen LogP contribution in [0.2, 0.25) is 0 Å². The molecule has 0 radical (unpaired) electrons. The third-order valence-corrected chi connectivity index (χ3v) is 6.24. The van der Waals surface area contributed by atoms with Crippen molar-refractivity contribution in [3.63, 3.8) is 0 Å². The Bertz CT molecular complexity index is 442. The summed E-state index contributed by atoms with van der Waals surface area (Å²) in [6, 6.07) is 8.72. The Morgan fingerprint density at radius 3 is 2.90 bits per heavy atom. The van der Waals surface area contributed by atoms with Crippen LogP contribution in [0, 0.1) is 0 Å². The average Bonchev–Trinajstić information content (AvgIpc) is 2.97. The first kappa shape index (κ1) is 14.4. The Kier molecular flexibility index (Phi) is 4.69. The van der Waals surface area contributed by atoms with Gasteiger partial charge < -0.3 is 10.1 Å². The van der Waals surface area contributed by atoms with Gasteiger partial charge in [-0.1, -0.05) is 37.1 Å². The molecular weight excluding hydrogens is 266 g/mol. The minimum absolute atomic E-state index is 0.236. The summed E-state index contributed by atoms with van der Waals surface area (Å²) in [5.41, 5.74) is 2.85. The van der Waals surface area contributed by atoms with E-state index in [0.717, 1.165) is 26.1 Å². The van der Waals surface area contributed by atoms with Crippen LogP contribution in [-0.2, 0) is 11.2 Å². The van der Waals surface area contributed by atoms with Gasteiger partial charge in [0.05, 0.1) is 12.7 Å². The molecule has 110 valence electrons. The van der Waals surface area contributed by atoms with E-state index in [2.05, 4.69) is 35.8 Å². The van der Waals surface area contributed by atoms with Crippen LogP contribution in [0.4, 0.5) is 0 Å². The maximum Gasteiger partial charge on any atom is 0.0952 e. The molecule has 1 unspecified atom stereocenters. The van der Waals surface area contributed by atoms with Crippen LogP contribution in [0.25, 0.3) is 0 Å². The van der Waals surface area contributed by atoms with Crippen LogP contribution in [-0.4, -0.2) is 30.7 Å². The summed E-state index contributed by atoms with van der Waals surface area (Å²) in [5.74, 6) is 0. The quantitative estimate of drug-likeness (QED) is 0.896. The molecule has 1 N–H and O–H groups in total. The molecule has 1 saturated carbocycles. The molecule has 3 heteroatoms. The van der Waals surface area contributed by atoms with Gasteiger partial charge in [-0.25, -0.2) is 0 Å². The van der Waals surface area contributed by atoms with Crippen molar-refractivity contribution < 1.29 is 4.74 Å². The number of fused-ring (bicyclic) bond motifs is 1. The maximum atomic E-state index is 5.97. The Morgan fingerprint density at radius 1 is 1.30 bits per heavy atom. The molecule has 1 fully saturated rings. The smallest absolute Gasteiger partial charge is 0.0952 e. The van der Waals surface area contributed by atoms with Gasteiger partial charge in [-0.3, -0.25) is 0 Å². The topological polar surface area (TPSA) is 21.3 Å². The Morgan fingerprint density at radius 2 is 2.10 bits per heavy atom. The van der Waals surface area contributed by atoms with E-state index in [1.54, 1.807) is 0 Å². The molecule has 2 nitrogen and oxygen atoms in total. The van der Waals surface area contributed by atoms with Gasteiger partial charge in [0.1, 0.15) is 0 Å². The van der Waals surface area contributed by atoms with E-state index in [4.69, 9.17) is 4.74 Å². The molecule has 1 aromatic rings. The summed E-state index contributed by atoms with van der Waals surface area (Å²) in [7, 11) is 0. The van der Waals surface area contributed by atoms with Gasteiger partial charge in [-0.05, 0) is 36.6 Å². The van der Waals surface area contributed by atoms with E-state index >= 15 is 0 Å². The van der Waals surface area contributed by atoms with Crippen LogP contribution in [0.3, 0.4) is 0 Å². The van der Waals surface area contributed by atoms with E-state index in [9.17, 15) is 0 Å². The average molecular weight is 291 g/mol. The highest BCUT2D eigenvalue weighted by Gasteiger charge is 2.32. The number of nitrogens with one attached hydrogen (secondary N) is 1. The highest BCUT2D eigenvalue weighted by atomic mass is 32.2. The number of hydrogen-bond acceptors (Lipinski definition) is 3. The summed E-state index contributed by atoms with van der Waals surface area (Å²) >= 11 is 2.05. The van der Waals surface area contributed by atoms with Crippen molar-refractivity contribution in [3.05, 3.63) is 35.4 Å². The first-order chi connectivity index (χ1) is 9.83. The molecule has 1 aliphatic heterocycles. The summed E-state index contributed by atoms with van der Waals surface area (Å²) in [6.07, 6.45) is 9.07. The Hall–Kier alpha value is -0.510. The SMILES string of the molecule is CSC1(CNCC2OCCc3ccccc32)CCCC1. The number of rotatable bonds is 5. The summed E-state index contributed by atoms with van der Waals surface area (Å²) in [6.45, 7) is 2.92. The van der Waals surface area contributed by atoms with Gasteiger partial charge in [-0.2, -0.15) is 11.8 Å². The molecule has 1 aliphatic carbocycles. The van der Waals surface area contributed by atoms with Crippen LogP contribution >= 0.6 is 11.8 Å². The zero-order chi connectivity index (χ0) is 13.8. The van der Waals surface area contributed by atoms with Crippen molar-refractivity contribution in [2.75, 3.05) is 26.0 Å². The minimum Gasteiger partial charge on any atom is -0.372 e. The third-order valence-electron chi connectivity index (χ3n) is 4.82. The zero-order valence-electron chi connectivity index (χ0n) is 12.4. The largest absolute Gasteiger partial charge is 0.372 e. The number of ether oxygens (including phenoxy) is 1. The highest BCUT2D eigenvalue weighted by molar-refractivity contribution is 8.00. The van der Waals surface area contributed by atoms with Crippen molar-refractivity contribution >= 4 is 11.8 Å².